The van der Waals surface area contributed by atoms with Crippen molar-refractivity contribution >= 4 is 19.3 Å². The second kappa shape index (κ2) is 7.42. The van der Waals surface area contributed by atoms with Crippen LogP contribution in [-0.2, 0) is 13.6 Å². The quantitative estimate of drug-likeness (QED) is 0.783. The van der Waals surface area contributed by atoms with E-state index in [1.165, 1.54) is 20.3 Å². The van der Waals surface area contributed by atoms with Crippen LogP contribution >= 0.6 is 7.60 Å². The van der Waals surface area contributed by atoms with Gasteiger partial charge in [0.2, 0.25) is 0 Å². The third kappa shape index (κ3) is 3.79. The molecule has 0 saturated carbocycles. The third-order valence-corrected chi connectivity index (χ3v) is 5.46. The molecule has 122 valence electrons. The molecular weight excluding hydrogens is 317 g/mol. The van der Waals surface area contributed by atoms with E-state index in [9.17, 15) is 14.5 Å². The van der Waals surface area contributed by atoms with E-state index < -0.39 is 19.3 Å². The summed E-state index contributed by atoms with van der Waals surface area (Å²) in [5.41, 5.74) is 0.885. The molecule has 0 aliphatic rings. The summed E-state index contributed by atoms with van der Waals surface area (Å²) in [6.07, 6.45) is 0. The molecular formula is C16H17NO5P-. The Morgan fingerprint density at radius 3 is 2.17 bits per heavy atom. The summed E-state index contributed by atoms with van der Waals surface area (Å²) in [6, 6.07) is 15.1. The molecule has 0 aromatic heterocycles. The molecule has 2 aromatic carbocycles. The molecule has 0 heterocycles. The van der Waals surface area contributed by atoms with Gasteiger partial charge in [-0.25, -0.2) is 0 Å². The van der Waals surface area contributed by atoms with Gasteiger partial charge >= 0.3 is 7.60 Å². The van der Waals surface area contributed by atoms with E-state index in [0.717, 1.165) is 0 Å². The molecule has 0 amide bonds. The molecule has 0 bridgehead atoms. The lowest BCUT2D eigenvalue weighted by Gasteiger charge is -2.27. The van der Waals surface area contributed by atoms with E-state index in [1.807, 2.05) is 6.07 Å². The molecule has 23 heavy (non-hydrogen) atoms. The van der Waals surface area contributed by atoms with E-state index in [4.69, 9.17) is 9.05 Å². The molecule has 2 rings (SSSR count). The predicted molar refractivity (Wildman–Crippen MR) is 85.2 cm³/mol. The number of carboxylic acids is 1. The molecule has 0 saturated heterocycles. The van der Waals surface area contributed by atoms with Gasteiger partial charge in [-0.15, -0.1) is 0 Å². The molecule has 2 aromatic rings. The van der Waals surface area contributed by atoms with Crippen LogP contribution in [0.1, 0.15) is 21.7 Å². The van der Waals surface area contributed by atoms with Crippen LogP contribution in [0.4, 0.5) is 5.69 Å². The van der Waals surface area contributed by atoms with Crippen LogP contribution in [0.5, 0.6) is 0 Å². The highest BCUT2D eigenvalue weighted by Gasteiger charge is 2.35. The second-order valence-electron chi connectivity index (χ2n) is 4.70. The van der Waals surface area contributed by atoms with Crippen molar-refractivity contribution in [3.63, 3.8) is 0 Å². The van der Waals surface area contributed by atoms with Crippen molar-refractivity contribution in [3.8, 4) is 0 Å². The van der Waals surface area contributed by atoms with Gasteiger partial charge in [0.25, 0.3) is 0 Å². The van der Waals surface area contributed by atoms with E-state index in [-0.39, 0.29) is 11.3 Å². The smallest absolute Gasteiger partial charge is 0.356 e. The summed E-state index contributed by atoms with van der Waals surface area (Å²) in [4.78, 5) is 11.2. The first kappa shape index (κ1) is 17.2. The first-order valence-electron chi connectivity index (χ1n) is 6.85. The molecule has 0 fully saturated rings. The Morgan fingerprint density at radius 2 is 1.61 bits per heavy atom. The Labute approximate surface area is 134 Å². The maximum absolute atomic E-state index is 12.9. The van der Waals surface area contributed by atoms with Crippen molar-refractivity contribution in [1.29, 1.82) is 0 Å². The number of hydrogen-bond acceptors (Lipinski definition) is 6. The summed E-state index contributed by atoms with van der Waals surface area (Å²) in [5, 5.41) is 14.2. The Kier molecular flexibility index (Phi) is 5.55. The van der Waals surface area contributed by atoms with E-state index in [0.29, 0.717) is 5.56 Å². The minimum atomic E-state index is -3.55. The second-order valence-corrected chi connectivity index (χ2v) is 7.02. The zero-order valence-electron chi connectivity index (χ0n) is 12.8. The highest BCUT2D eigenvalue weighted by atomic mass is 31.2. The fourth-order valence-corrected chi connectivity index (χ4v) is 3.61. The number of anilines is 1. The molecule has 1 atom stereocenters. The minimum Gasteiger partial charge on any atom is -0.545 e. The molecule has 0 aliphatic heterocycles. The van der Waals surface area contributed by atoms with Gasteiger partial charge in [-0.2, -0.15) is 0 Å². The highest BCUT2D eigenvalue weighted by Crippen LogP contribution is 2.59. The predicted octanol–water partition coefficient (Wildman–Crippen LogP) is 2.65. The maximum Gasteiger partial charge on any atom is 0.356 e. The first-order chi connectivity index (χ1) is 11.0. The highest BCUT2D eigenvalue weighted by molar-refractivity contribution is 7.54. The van der Waals surface area contributed by atoms with Gasteiger partial charge < -0.3 is 24.3 Å². The normalized spacial score (nSPS) is 12.6. The van der Waals surface area contributed by atoms with Crippen LogP contribution < -0.4 is 10.4 Å². The Morgan fingerprint density at radius 1 is 1.04 bits per heavy atom. The number of carboxylic acid groups (broad SMARTS) is 1. The number of aromatic carboxylic acids is 1. The van der Waals surface area contributed by atoms with Crippen molar-refractivity contribution in [1.82, 2.24) is 0 Å². The Bertz CT molecular complexity index is 711. The third-order valence-electron chi connectivity index (χ3n) is 3.38. The van der Waals surface area contributed by atoms with Gasteiger partial charge in [-0.3, -0.25) is 4.57 Å². The summed E-state index contributed by atoms with van der Waals surface area (Å²) >= 11 is 0. The summed E-state index contributed by atoms with van der Waals surface area (Å²) in [5.74, 6) is -2.19. The lowest BCUT2D eigenvalue weighted by Crippen LogP contribution is -2.24. The molecule has 7 heteroatoms. The number of carbonyl (C=O) groups is 1. The Hall–Kier alpha value is -2.14. The van der Waals surface area contributed by atoms with Crippen LogP contribution in [0.3, 0.4) is 0 Å². The van der Waals surface area contributed by atoms with Gasteiger partial charge in [0, 0.05) is 25.5 Å². The van der Waals surface area contributed by atoms with E-state index in [1.54, 1.807) is 42.5 Å². The monoisotopic (exact) mass is 334 g/mol. The number of nitrogens with one attached hydrogen (secondary N) is 1. The average Bonchev–Trinajstić information content (AvgIpc) is 2.60. The zero-order valence-corrected chi connectivity index (χ0v) is 13.7. The maximum atomic E-state index is 12.9. The zero-order chi connectivity index (χ0) is 16.9. The lowest BCUT2D eigenvalue weighted by atomic mass is 10.1. The standard InChI is InChI=1S/C16H18NO5P/c1-21-23(20,22-2)15(12-8-4-3-5-9-12)17-14-11-7-6-10-13(14)16(18)19/h3-11,15,17H,1-2H3,(H,18,19)/p-1/t15-/m1/s1. The van der Waals surface area contributed by atoms with Crippen molar-refractivity contribution in [2.24, 2.45) is 0 Å². The van der Waals surface area contributed by atoms with Crippen LogP contribution in [0, 0.1) is 0 Å². The topological polar surface area (TPSA) is 87.7 Å². The Balaban J connectivity index is 2.48. The number of carbonyl (C=O) groups excluding carboxylic acids is 1. The van der Waals surface area contributed by atoms with Crippen molar-refractivity contribution in [2.75, 3.05) is 19.5 Å². The molecule has 0 unspecified atom stereocenters. The molecule has 1 N–H and O–H groups in total. The SMILES string of the molecule is COP(=O)(OC)[C@@H](Nc1ccccc1C(=O)[O-])c1ccccc1. The van der Waals surface area contributed by atoms with Crippen molar-refractivity contribution < 1.29 is 23.5 Å². The summed E-state index contributed by atoms with van der Waals surface area (Å²) < 4.78 is 23.0. The van der Waals surface area contributed by atoms with Gasteiger partial charge in [-0.1, -0.05) is 48.5 Å². The van der Waals surface area contributed by atoms with Gasteiger partial charge in [-0.05, 0) is 11.6 Å². The molecule has 0 spiro atoms. The number of hydrogen-bond donors (Lipinski definition) is 1. The fraction of sp³-hybridized carbons (Fsp3) is 0.188. The number of para-hydroxylation sites is 1. The largest absolute Gasteiger partial charge is 0.545 e. The fourth-order valence-electron chi connectivity index (χ4n) is 2.20. The van der Waals surface area contributed by atoms with Crippen molar-refractivity contribution in [2.45, 2.75) is 5.78 Å². The van der Waals surface area contributed by atoms with Gasteiger partial charge in [0.05, 0.1) is 5.97 Å². The van der Waals surface area contributed by atoms with E-state index in [2.05, 4.69) is 5.32 Å². The minimum absolute atomic E-state index is 0.0350. The van der Waals surface area contributed by atoms with Gasteiger partial charge in [0.1, 0.15) is 0 Å². The van der Waals surface area contributed by atoms with E-state index >= 15 is 0 Å². The van der Waals surface area contributed by atoms with Crippen LogP contribution in [0.25, 0.3) is 0 Å². The molecule has 0 aliphatic carbocycles. The van der Waals surface area contributed by atoms with Crippen LogP contribution in [0.2, 0.25) is 0 Å². The first-order valence-corrected chi connectivity index (χ1v) is 8.46. The van der Waals surface area contributed by atoms with Crippen LogP contribution in [-0.4, -0.2) is 20.2 Å². The summed E-state index contributed by atoms with van der Waals surface area (Å²) in [7, 11) is -0.985. The lowest BCUT2D eigenvalue weighted by molar-refractivity contribution is -0.254. The molecule has 0 radical (unpaired) electrons. The summed E-state index contributed by atoms with van der Waals surface area (Å²) in [6.45, 7) is 0. The molecule has 6 nitrogen and oxygen atoms in total. The van der Waals surface area contributed by atoms with Crippen LogP contribution in [0.15, 0.2) is 54.6 Å². The van der Waals surface area contributed by atoms with Crippen molar-refractivity contribution in [3.05, 3.63) is 65.7 Å². The number of rotatable bonds is 7. The van der Waals surface area contributed by atoms with Gasteiger partial charge in [0.15, 0.2) is 5.78 Å². The average molecular weight is 334 g/mol. The number of benzene rings is 2.